The third-order valence-corrected chi connectivity index (χ3v) is 5.92. The number of carbonyl (C=O) groups is 2. The summed E-state index contributed by atoms with van der Waals surface area (Å²) in [6.07, 6.45) is -4.86. The Bertz CT molecular complexity index is 1500. The van der Waals surface area contributed by atoms with Gasteiger partial charge in [-0.3, -0.25) is 19.7 Å². The van der Waals surface area contributed by atoms with E-state index in [0.29, 0.717) is 27.9 Å². The number of rotatable bonds is 6. The van der Waals surface area contributed by atoms with Crippen molar-refractivity contribution >= 4 is 22.7 Å². The van der Waals surface area contributed by atoms with Crippen molar-refractivity contribution in [2.75, 3.05) is 7.05 Å². The Morgan fingerprint density at radius 1 is 1.03 bits per heavy atom. The minimum absolute atomic E-state index is 0.183. The number of amides is 2. The van der Waals surface area contributed by atoms with Crippen LogP contribution in [0, 0.1) is 13.8 Å². The highest BCUT2D eigenvalue weighted by atomic mass is 19.4. The van der Waals surface area contributed by atoms with E-state index in [0.717, 1.165) is 5.56 Å². The van der Waals surface area contributed by atoms with E-state index in [1.807, 2.05) is 13.0 Å². The number of nitrogens with zero attached hydrogens (tertiary/aromatic N) is 2. The number of fused-ring (bicyclic) bond motifs is 1. The minimum Gasteiger partial charge on any atom is -0.405 e. The van der Waals surface area contributed by atoms with Crippen molar-refractivity contribution in [1.82, 2.24) is 25.8 Å². The maximum absolute atomic E-state index is 13.2. The highest BCUT2D eigenvalue weighted by Crippen LogP contribution is 2.31. The standard InChI is InChI=1S/C26H24F3N5O3/c1-13(17-7-5-6-8-22(17)37-26(27,28)29)32-24(35)20-12-19(14(2)31-15(20)3)16-9-10-18-21(11-16)33-34-23(18)25(36)30-4/h5-13H,1-4H3,(H,30,36)(H,32,35)(H,33,34). The molecule has 4 aromatic rings. The molecule has 2 heterocycles. The zero-order valence-electron chi connectivity index (χ0n) is 20.4. The number of H-pyrrole nitrogens is 1. The smallest absolute Gasteiger partial charge is 0.405 e. The third kappa shape index (κ3) is 5.40. The number of benzene rings is 2. The van der Waals surface area contributed by atoms with Crippen molar-refractivity contribution in [2.45, 2.75) is 33.2 Å². The molecule has 11 heteroatoms. The molecule has 8 nitrogen and oxygen atoms in total. The van der Waals surface area contributed by atoms with Gasteiger partial charge >= 0.3 is 6.36 Å². The highest BCUT2D eigenvalue weighted by Gasteiger charge is 2.32. The third-order valence-electron chi connectivity index (χ3n) is 5.92. The fourth-order valence-electron chi connectivity index (χ4n) is 4.13. The number of halogens is 3. The molecule has 3 N–H and O–H groups in total. The van der Waals surface area contributed by atoms with Crippen LogP contribution in [0.3, 0.4) is 0 Å². The summed E-state index contributed by atoms with van der Waals surface area (Å²) < 4.78 is 42.6. The van der Waals surface area contributed by atoms with Gasteiger partial charge in [0, 0.05) is 29.3 Å². The molecule has 0 fully saturated rings. The number of nitrogens with one attached hydrogen (secondary N) is 3. The molecular weight excluding hydrogens is 487 g/mol. The molecule has 192 valence electrons. The first-order valence-electron chi connectivity index (χ1n) is 11.3. The zero-order chi connectivity index (χ0) is 26.9. The molecule has 0 radical (unpaired) electrons. The first kappa shape index (κ1) is 25.7. The number of alkyl halides is 3. The van der Waals surface area contributed by atoms with Crippen LogP contribution < -0.4 is 15.4 Å². The SMILES string of the molecule is CNC(=O)c1n[nH]c2cc(-c3cc(C(=O)NC(C)c4ccccc4OC(F)(F)F)c(C)nc3C)ccc12. The Kier molecular flexibility index (Phi) is 6.88. The van der Waals surface area contributed by atoms with Gasteiger partial charge in [0.25, 0.3) is 11.8 Å². The van der Waals surface area contributed by atoms with Crippen molar-refractivity contribution in [3.8, 4) is 16.9 Å². The van der Waals surface area contributed by atoms with Crippen LogP contribution in [0.25, 0.3) is 22.0 Å². The molecule has 1 unspecified atom stereocenters. The van der Waals surface area contributed by atoms with Crippen molar-refractivity contribution in [1.29, 1.82) is 0 Å². The van der Waals surface area contributed by atoms with Gasteiger partial charge in [-0.2, -0.15) is 5.10 Å². The van der Waals surface area contributed by atoms with Gasteiger partial charge in [0.15, 0.2) is 5.69 Å². The number of hydrogen-bond donors (Lipinski definition) is 3. The fraction of sp³-hybridized carbons (Fsp3) is 0.231. The van der Waals surface area contributed by atoms with Gasteiger partial charge in [0.05, 0.1) is 22.8 Å². The van der Waals surface area contributed by atoms with Crippen LogP contribution >= 0.6 is 0 Å². The topological polar surface area (TPSA) is 109 Å². The zero-order valence-corrected chi connectivity index (χ0v) is 20.4. The molecule has 0 aliphatic rings. The second-order valence-electron chi connectivity index (χ2n) is 8.45. The molecule has 1 atom stereocenters. The minimum atomic E-state index is -4.86. The maximum atomic E-state index is 13.2. The van der Waals surface area contributed by atoms with Crippen molar-refractivity contribution < 1.29 is 27.5 Å². The van der Waals surface area contributed by atoms with E-state index in [2.05, 4.69) is 30.6 Å². The van der Waals surface area contributed by atoms with Gasteiger partial charge < -0.3 is 15.4 Å². The number of aromatic amines is 1. The van der Waals surface area contributed by atoms with Crippen LogP contribution in [0.4, 0.5) is 13.2 Å². The van der Waals surface area contributed by atoms with E-state index in [1.165, 1.54) is 25.2 Å². The van der Waals surface area contributed by atoms with Gasteiger partial charge in [-0.05, 0) is 50.6 Å². The second kappa shape index (κ2) is 9.92. The average Bonchev–Trinajstić information content (AvgIpc) is 3.26. The van der Waals surface area contributed by atoms with Crippen LogP contribution in [0.2, 0.25) is 0 Å². The largest absolute Gasteiger partial charge is 0.573 e. The molecule has 2 amide bonds. The molecule has 2 aromatic carbocycles. The van der Waals surface area contributed by atoms with Gasteiger partial charge in [0.1, 0.15) is 5.75 Å². The monoisotopic (exact) mass is 511 g/mol. The summed E-state index contributed by atoms with van der Waals surface area (Å²) in [7, 11) is 1.52. The van der Waals surface area contributed by atoms with Crippen LogP contribution in [-0.2, 0) is 0 Å². The summed E-state index contributed by atoms with van der Waals surface area (Å²) >= 11 is 0. The Labute approximate surface area is 210 Å². The molecule has 4 rings (SSSR count). The molecule has 0 aliphatic carbocycles. The lowest BCUT2D eigenvalue weighted by atomic mass is 9.99. The molecule has 2 aromatic heterocycles. The Morgan fingerprint density at radius 2 is 1.76 bits per heavy atom. The summed E-state index contributed by atoms with van der Waals surface area (Å²) in [4.78, 5) is 29.7. The van der Waals surface area contributed by atoms with Crippen LogP contribution in [0.15, 0.2) is 48.5 Å². The van der Waals surface area contributed by atoms with Crippen LogP contribution in [-0.4, -0.2) is 40.4 Å². The summed E-state index contributed by atoms with van der Waals surface area (Å²) in [5.74, 6) is -1.20. The average molecular weight is 512 g/mol. The predicted octanol–water partition coefficient (Wildman–Crippen LogP) is 4.99. The summed E-state index contributed by atoms with van der Waals surface area (Å²) in [5, 5.41) is 12.9. The quantitative estimate of drug-likeness (QED) is 0.338. The number of pyridine rings is 1. The van der Waals surface area contributed by atoms with Gasteiger partial charge in [-0.15, -0.1) is 13.2 Å². The Hall–Kier alpha value is -4.41. The summed E-state index contributed by atoms with van der Waals surface area (Å²) in [5.41, 5.74) is 3.94. The lowest BCUT2D eigenvalue weighted by Gasteiger charge is -2.20. The van der Waals surface area contributed by atoms with Gasteiger partial charge in [-0.1, -0.05) is 24.3 Å². The van der Waals surface area contributed by atoms with E-state index < -0.39 is 18.3 Å². The van der Waals surface area contributed by atoms with Crippen LogP contribution in [0.1, 0.15) is 50.8 Å². The second-order valence-corrected chi connectivity index (χ2v) is 8.45. The number of aromatic nitrogens is 3. The van der Waals surface area contributed by atoms with E-state index in [1.54, 1.807) is 38.1 Å². The van der Waals surface area contributed by atoms with Crippen molar-refractivity contribution in [2.24, 2.45) is 0 Å². The molecule has 0 saturated heterocycles. The van der Waals surface area contributed by atoms with E-state index in [4.69, 9.17) is 0 Å². The molecular formula is C26H24F3N5O3. The van der Waals surface area contributed by atoms with E-state index in [-0.39, 0.29) is 28.5 Å². The lowest BCUT2D eigenvalue weighted by Crippen LogP contribution is -2.28. The molecule has 37 heavy (non-hydrogen) atoms. The van der Waals surface area contributed by atoms with E-state index in [9.17, 15) is 22.8 Å². The maximum Gasteiger partial charge on any atom is 0.573 e. The summed E-state index contributed by atoms with van der Waals surface area (Å²) in [6.45, 7) is 5.07. The van der Waals surface area contributed by atoms with Gasteiger partial charge in [0.2, 0.25) is 0 Å². The number of aryl methyl sites for hydroxylation is 2. The predicted molar refractivity (Wildman–Crippen MR) is 131 cm³/mol. The molecule has 0 aliphatic heterocycles. The Morgan fingerprint density at radius 3 is 2.46 bits per heavy atom. The van der Waals surface area contributed by atoms with Crippen molar-refractivity contribution in [3.05, 3.63) is 76.7 Å². The molecule has 0 bridgehead atoms. The fourth-order valence-corrected chi connectivity index (χ4v) is 4.13. The number of ether oxygens (including phenoxy) is 1. The van der Waals surface area contributed by atoms with E-state index >= 15 is 0 Å². The van der Waals surface area contributed by atoms with Crippen LogP contribution in [0.5, 0.6) is 5.75 Å². The summed E-state index contributed by atoms with van der Waals surface area (Å²) in [6, 6.07) is 11.9. The number of hydrogen-bond acceptors (Lipinski definition) is 5. The number of carbonyl (C=O) groups excluding carboxylic acids is 2. The highest BCUT2D eigenvalue weighted by molar-refractivity contribution is 6.05. The normalized spacial score (nSPS) is 12.3. The first-order valence-corrected chi connectivity index (χ1v) is 11.3. The van der Waals surface area contributed by atoms with Crippen molar-refractivity contribution in [3.63, 3.8) is 0 Å². The Balaban J connectivity index is 1.64. The number of para-hydroxylation sites is 1. The molecule has 0 saturated carbocycles. The lowest BCUT2D eigenvalue weighted by molar-refractivity contribution is -0.275. The van der Waals surface area contributed by atoms with Gasteiger partial charge in [-0.25, -0.2) is 0 Å². The first-order chi connectivity index (χ1) is 17.5. The molecule has 0 spiro atoms.